The van der Waals surface area contributed by atoms with Gasteiger partial charge in [-0.15, -0.1) is 0 Å². The number of carbonyl (C=O) groups is 2. The van der Waals surface area contributed by atoms with Crippen LogP contribution in [0.2, 0.25) is 0 Å². The van der Waals surface area contributed by atoms with Gasteiger partial charge in [-0.2, -0.15) is 0 Å². The topological polar surface area (TPSA) is 81.8 Å². The van der Waals surface area contributed by atoms with Gasteiger partial charge in [0.05, 0.1) is 12.1 Å². The van der Waals surface area contributed by atoms with Crippen molar-refractivity contribution in [2.24, 2.45) is 5.16 Å². The van der Waals surface area contributed by atoms with Gasteiger partial charge in [-0.1, -0.05) is 18.2 Å². The summed E-state index contributed by atoms with van der Waals surface area (Å²) in [4.78, 5) is 34.2. The van der Waals surface area contributed by atoms with Crippen LogP contribution < -0.4 is 4.90 Å². The first-order valence-electron chi connectivity index (χ1n) is 9.92. The molecular formula is C23H21N3O5. The number of amides is 1. The smallest absolute Gasteiger partial charge is 0.414 e. The second-order valence-corrected chi connectivity index (χ2v) is 7.47. The van der Waals surface area contributed by atoms with Gasteiger partial charge in [0.15, 0.2) is 6.10 Å². The first-order valence-corrected chi connectivity index (χ1v) is 9.92. The third-order valence-electron chi connectivity index (χ3n) is 5.27. The van der Waals surface area contributed by atoms with Crippen LogP contribution in [0, 0.1) is 6.57 Å². The van der Waals surface area contributed by atoms with Crippen LogP contribution in [0.4, 0.5) is 10.5 Å². The van der Waals surface area contributed by atoms with Crippen molar-refractivity contribution in [3.05, 3.63) is 77.1 Å². The molecule has 2 aromatic rings. The summed E-state index contributed by atoms with van der Waals surface area (Å²) in [5.74, 6) is -0.436. The number of anilines is 1. The van der Waals surface area contributed by atoms with Crippen molar-refractivity contribution in [2.75, 3.05) is 18.1 Å². The maximum absolute atomic E-state index is 12.3. The van der Waals surface area contributed by atoms with Gasteiger partial charge in [-0.3, -0.25) is 4.90 Å². The number of oxime groups is 1. The van der Waals surface area contributed by atoms with E-state index in [9.17, 15) is 9.59 Å². The second kappa shape index (κ2) is 8.48. The van der Waals surface area contributed by atoms with E-state index < -0.39 is 18.2 Å². The Hall–Kier alpha value is -3.86. The highest BCUT2D eigenvalue weighted by Crippen LogP contribution is 2.49. The normalized spacial score (nSPS) is 19.4. The summed E-state index contributed by atoms with van der Waals surface area (Å²) < 4.78 is 10.8. The molecule has 0 bridgehead atoms. The summed E-state index contributed by atoms with van der Waals surface area (Å²) >= 11 is 0. The molecule has 1 aliphatic heterocycles. The van der Waals surface area contributed by atoms with Crippen molar-refractivity contribution in [1.82, 2.24) is 0 Å². The van der Waals surface area contributed by atoms with Gasteiger partial charge >= 0.3 is 12.1 Å². The quantitative estimate of drug-likeness (QED) is 0.231. The van der Waals surface area contributed by atoms with Crippen molar-refractivity contribution in [3.8, 4) is 0 Å². The van der Waals surface area contributed by atoms with Crippen LogP contribution >= 0.6 is 0 Å². The number of rotatable bonds is 6. The Morgan fingerprint density at radius 2 is 1.94 bits per heavy atom. The molecule has 1 saturated carbocycles. The molecule has 0 spiro atoms. The van der Waals surface area contributed by atoms with Gasteiger partial charge < -0.3 is 19.2 Å². The van der Waals surface area contributed by atoms with Gasteiger partial charge in [0.1, 0.15) is 6.61 Å². The minimum atomic E-state index is -0.586. The molecule has 0 unspecified atom stereocenters. The second-order valence-electron chi connectivity index (χ2n) is 7.47. The van der Waals surface area contributed by atoms with Crippen molar-refractivity contribution in [2.45, 2.75) is 31.4 Å². The summed E-state index contributed by atoms with van der Waals surface area (Å²) in [6.07, 6.45) is 0.809. The fraction of sp³-hybridized carbons (Fsp3) is 0.304. The summed E-state index contributed by atoms with van der Waals surface area (Å²) in [7, 11) is 0. The van der Waals surface area contributed by atoms with Crippen LogP contribution in [0.5, 0.6) is 0 Å². The lowest BCUT2D eigenvalue weighted by atomic mass is 10.1. The van der Waals surface area contributed by atoms with E-state index in [0.29, 0.717) is 17.8 Å². The number of hydrogen-bond acceptors (Lipinski definition) is 6. The molecule has 158 valence electrons. The summed E-state index contributed by atoms with van der Waals surface area (Å²) in [5.41, 5.74) is 1.70. The van der Waals surface area contributed by atoms with E-state index in [1.807, 2.05) is 24.3 Å². The Labute approximate surface area is 179 Å². The predicted octanol–water partition coefficient (Wildman–Crippen LogP) is 4.13. The average molecular weight is 419 g/mol. The zero-order chi connectivity index (χ0) is 21.8. The van der Waals surface area contributed by atoms with E-state index in [0.717, 1.165) is 18.4 Å². The highest BCUT2D eigenvalue weighted by Gasteiger charge is 2.52. The molecular weight excluding hydrogens is 398 g/mol. The molecule has 1 atom stereocenters. The Balaban J connectivity index is 1.28. The molecule has 8 heteroatoms. The molecule has 8 nitrogen and oxygen atoms in total. The van der Waals surface area contributed by atoms with Crippen molar-refractivity contribution < 1.29 is 23.9 Å². The molecule has 1 amide bonds. The lowest BCUT2D eigenvalue weighted by Gasteiger charge is -2.14. The minimum Gasteiger partial charge on any atom is -0.475 e. The average Bonchev–Trinajstić information content (AvgIpc) is 3.52. The SMILES string of the molecule is [C-]#[N+]C1(c2ccc(N3C[C@H](COC(C)=NOC(=O)c4ccccc4)OC3=O)cc2)CC1. The first-order chi connectivity index (χ1) is 15.0. The molecule has 0 aromatic heterocycles. The maximum Gasteiger partial charge on any atom is 0.414 e. The van der Waals surface area contributed by atoms with Crippen LogP contribution in [0.3, 0.4) is 0 Å². The largest absolute Gasteiger partial charge is 0.475 e. The lowest BCUT2D eigenvalue weighted by Crippen LogP contribution is -2.26. The number of benzene rings is 2. The summed E-state index contributed by atoms with van der Waals surface area (Å²) in [5, 5.41) is 3.67. The standard InChI is InChI=1S/C23H21N3O5/c1-16(25-31-21(27)17-6-4-3-5-7-17)29-15-20-14-26(22(28)30-20)19-10-8-18(9-11-19)23(24-2)12-13-23/h3-11,20H,12-15H2,1H3/t20-/m1/s1. The predicted molar refractivity (Wildman–Crippen MR) is 112 cm³/mol. The van der Waals surface area contributed by atoms with E-state index in [-0.39, 0.29) is 18.0 Å². The highest BCUT2D eigenvalue weighted by atomic mass is 16.7. The minimum absolute atomic E-state index is 0.0827. The summed E-state index contributed by atoms with van der Waals surface area (Å²) in [6.45, 7) is 9.31. The first kappa shape index (κ1) is 20.4. The van der Waals surface area contributed by atoms with Gasteiger partial charge in [0.25, 0.3) is 5.54 Å². The van der Waals surface area contributed by atoms with Gasteiger partial charge in [-0.05, 0) is 41.6 Å². The van der Waals surface area contributed by atoms with Crippen LogP contribution in [0.1, 0.15) is 35.7 Å². The van der Waals surface area contributed by atoms with Crippen LogP contribution in [0.25, 0.3) is 4.85 Å². The van der Waals surface area contributed by atoms with Crippen LogP contribution in [-0.4, -0.2) is 37.2 Å². The Kier molecular flexibility index (Phi) is 5.58. The molecule has 0 radical (unpaired) electrons. The molecule has 31 heavy (non-hydrogen) atoms. The van der Waals surface area contributed by atoms with Crippen molar-refractivity contribution in [3.63, 3.8) is 0 Å². The highest BCUT2D eigenvalue weighted by molar-refractivity contribution is 5.90. The van der Waals surface area contributed by atoms with Crippen molar-refractivity contribution in [1.29, 1.82) is 0 Å². The maximum atomic E-state index is 12.3. The molecule has 1 saturated heterocycles. The lowest BCUT2D eigenvalue weighted by molar-refractivity contribution is 0.0489. The van der Waals surface area contributed by atoms with Gasteiger partial charge in [0.2, 0.25) is 5.90 Å². The fourth-order valence-electron chi connectivity index (χ4n) is 3.33. The van der Waals surface area contributed by atoms with Crippen molar-refractivity contribution >= 4 is 23.6 Å². The Bertz CT molecular complexity index is 1040. The fourth-order valence-corrected chi connectivity index (χ4v) is 3.33. The number of nitrogens with zero attached hydrogens (tertiary/aromatic N) is 3. The molecule has 4 rings (SSSR count). The van der Waals surface area contributed by atoms with E-state index in [2.05, 4.69) is 10.0 Å². The molecule has 1 aliphatic carbocycles. The van der Waals surface area contributed by atoms with E-state index in [1.165, 1.54) is 4.90 Å². The number of carbonyl (C=O) groups excluding carboxylic acids is 2. The molecule has 2 fully saturated rings. The molecule has 0 N–H and O–H groups in total. The van der Waals surface area contributed by atoms with Gasteiger partial charge in [-0.25, -0.2) is 16.2 Å². The summed E-state index contributed by atoms with van der Waals surface area (Å²) in [6, 6.07) is 16.0. The third-order valence-corrected chi connectivity index (χ3v) is 5.27. The van der Waals surface area contributed by atoms with E-state index >= 15 is 0 Å². The number of hydrogen-bond donors (Lipinski definition) is 0. The Morgan fingerprint density at radius 3 is 2.58 bits per heavy atom. The van der Waals surface area contributed by atoms with E-state index in [4.69, 9.17) is 20.9 Å². The third kappa shape index (κ3) is 4.51. The molecule has 2 aromatic carbocycles. The number of ether oxygens (including phenoxy) is 2. The Morgan fingerprint density at radius 1 is 1.23 bits per heavy atom. The van der Waals surface area contributed by atoms with Gasteiger partial charge in [0, 0.05) is 31.0 Å². The molecule has 2 aliphatic rings. The monoisotopic (exact) mass is 419 g/mol. The van der Waals surface area contributed by atoms with Crippen LogP contribution in [-0.2, 0) is 19.9 Å². The van der Waals surface area contributed by atoms with E-state index in [1.54, 1.807) is 37.3 Å². The zero-order valence-corrected chi connectivity index (χ0v) is 17.0. The number of cyclic esters (lactones) is 1. The van der Waals surface area contributed by atoms with Crippen LogP contribution in [0.15, 0.2) is 59.8 Å². The molecule has 1 heterocycles. The zero-order valence-electron chi connectivity index (χ0n) is 17.0.